The lowest BCUT2D eigenvalue weighted by Crippen LogP contribution is -2.32. The molecule has 1 amide bonds. The molecule has 1 aromatic heterocycles. The Morgan fingerprint density at radius 1 is 1.67 bits per heavy atom. The minimum Gasteiger partial charge on any atom is -0.367 e. The number of nitrogens with one attached hydrogen (secondary N) is 2. The highest BCUT2D eigenvalue weighted by Crippen LogP contribution is 1.98. The van der Waals surface area contributed by atoms with Gasteiger partial charge in [0.1, 0.15) is 5.56 Å². The second-order valence-electron chi connectivity index (χ2n) is 3.39. The molecule has 1 aromatic rings. The zero-order valence-electron chi connectivity index (χ0n) is 8.42. The molecular weight excluding hydrogens is 260 g/mol. The molecule has 1 rings (SSSR count). The summed E-state index contributed by atoms with van der Waals surface area (Å²) >= 11 is 3.32. The van der Waals surface area contributed by atoms with E-state index in [1.165, 1.54) is 18.5 Å². The van der Waals surface area contributed by atoms with E-state index in [1.54, 1.807) is 0 Å². The Bertz CT molecular complexity index is 389. The molecule has 82 valence electrons. The van der Waals surface area contributed by atoms with Gasteiger partial charge in [0.25, 0.3) is 5.91 Å². The van der Waals surface area contributed by atoms with E-state index in [-0.39, 0.29) is 16.9 Å². The number of hydrogen-bond acceptors (Lipinski definition) is 2. The Kier molecular flexibility index (Phi) is 4.55. The van der Waals surface area contributed by atoms with Gasteiger partial charge in [-0.25, -0.2) is 0 Å². The minimum absolute atomic E-state index is 0.152. The van der Waals surface area contributed by atoms with Crippen LogP contribution in [0.1, 0.15) is 17.3 Å². The second kappa shape index (κ2) is 5.70. The normalized spacial score (nSPS) is 12.1. The molecule has 0 aromatic carbocycles. The first-order valence-electron chi connectivity index (χ1n) is 4.66. The molecule has 15 heavy (non-hydrogen) atoms. The molecule has 4 nitrogen and oxygen atoms in total. The number of pyridine rings is 1. The molecule has 0 bridgehead atoms. The number of carbonyl (C=O) groups excluding carboxylic acids is 1. The summed E-state index contributed by atoms with van der Waals surface area (Å²) in [7, 11) is 0. The standard InChI is InChI=1S/C10H13BrN2O2/c1-7(4-11)5-13-10(15)8-6-12-3-2-9(8)14/h2-3,6-7H,4-5H2,1H3,(H,12,14)(H,13,15). The SMILES string of the molecule is CC(CBr)CNC(=O)c1c[nH]ccc1=O. The highest BCUT2D eigenvalue weighted by molar-refractivity contribution is 9.09. The topological polar surface area (TPSA) is 62.0 Å². The van der Waals surface area contributed by atoms with Crippen LogP contribution in [0.25, 0.3) is 0 Å². The second-order valence-corrected chi connectivity index (χ2v) is 4.04. The number of aromatic amines is 1. The van der Waals surface area contributed by atoms with Crippen LogP contribution in [0.3, 0.4) is 0 Å². The number of aromatic nitrogens is 1. The van der Waals surface area contributed by atoms with E-state index < -0.39 is 0 Å². The molecule has 0 spiro atoms. The number of hydrogen-bond donors (Lipinski definition) is 2. The van der Waals surface area contributed by atoms with Crippen molar-refractivity contribution in [2.45, 2.75) is 6.92 Å². The molecule has 0 aliphatic carbocycles. The van der Waals surface area contributed by atoms with Crippen molar-refractivity contribution in [3.05, 3.63) is 34.2 Å². The van der Waals surface area contributed by atoms with Crippen LogP contribution in [-0.2, 0) is 0 Å². The molecule has 2 N–H and O–H groups in total. The van der Waals surface area contributed by atoms with Crippen molar-refractivity contribution in [1.29, 1.82) is 0 Å². The van der Waals surface area contributed by atoms with E-state index >= 15 is 0 Å². The van der Waals surface area contributed by atoms with E-state index in [9.17, 15) is 9.59 Å². The van der Waals surface area contributed by atoms with Crippen molar-refractivity contribution in [2.75, 3.05) is 11.9 Å². The van der Waals surface area contributed by atoms with Crippen molar-refractivity contribution in [3.63, 3.8) is 0 Å². The molecular formula is C10H13BrN2O2. The lowest BCUT2D eigenvalue weighted by molar-refractivity contribution is 0.0948. The summed E-state index contributed by atoms with van der Waals surface area (Å²) in [5.41, 5.74) is -0.114. The summed E-state index contributed by atoms with van der Waals surface area (Å²) in [6, 6.07) is 1.34. The number of alkyl halides is 1. The predicted octanol–water partition coefficient (Wildman–Crippen LogP) is 1.14. The Hall–Kier alpha value is -1.10. The van der Waals surface area contributed by atoms with Crippen LogP contribution in [0.15, 0.2) is 23.3 Å². The summed E-state index contributed by atoms with van der Waals surface area (Å²) in [5.74, 6) is 0.0152. The summed E-state index contributed by atoms with van der Waals surface area (Å²) in [5, 5.41) is 3.52. The third-order valence-electron chi connectivity index (χ3n) is 1.94. The maximum absolute atomic E-state index is 11.5. The molecule has 0 radical (unpaired) electrons. The van der Waals surface area contributed by atoms with Crippen molar-refractivity contribution in [1.82, 2.24) is 10.3 Å². The van der Waals surface area contributed by atoms with Gasteiger partial charge in [-0.2, -0.15) is 0 Å². The quantitative estimate of drug-likeness (QED) is 0.808. The van der Waals surface area contributed by atoms with Crippen LogP contribution in [0.4, 0.5) is 0 Å². The maximum Gasteiger partial charge on any atom is 0.256 e. The highest BCUT2D eigenvalue weighted by atomic mass is 79.9. The molecule has 1 heterocycles. The molecule has 0 saturated carbocycles. The van der Waals surface area contributed by atoms with Crippen LogP contribution in [0.5, 0.6) is 0 Å². The predicted molar refractivity (Wildman–Crippen MR) is 62.4 cm³/mol. The first kappa shape index (κ1) is 12.0. The molecule has 0 aliphatic rings. The van der Waals surface area contributed by atoms with Crippen molar-refractivity contribution in [3.8, 4) is 0 Å². The average molecular weight is 273 g/mol. The lowest BCUT2D eigenvalue weighted by Gasteiger charge is -2.08. The van der Waals surface area contributed by atoms with Crippen LogP contribution < -0.4 is 10.7 Å². The number of H-pyrrole nitrogens is 1. The molecule has 0 aliphatic heterocycles. The molecule has 5 heteroatoms. The highest BCUT2D eigenvalue weighted by Gasteiger charge is 2.09. The van der Waals surface area contributed by atoms with Gasteiger partial charge in [0.05, 0.1) is 0 Å². The van der Waals surface area contributed by atoms with E-state index in [0.29, 0.717) is 12.5 Å². The molecule has 1 unspecified atom stereocenters. The Morgan fingerprint density at radius 3 is 3.00 bits per heavy atom. The van der Waals surface area contributed by atoms with E-state index in [4.69, 9.17) is 0 Å². The smallest absolute Gasteiger partial charge is 0.256 e. The van der Waals surface area contributed by atoms with E-state index in [0.717, 1.165) is 5.33 Å². The van der Waals surface area contributed by atoms with Gasteiger partial charge in [-0.3, -0.25) is 9.59 Å². The van der Waals surface area contributed by atoms with Crippen molar-refractivity contribution in [2.24, 2.45) is 5.92 Å². The number of amides is 1. The first-order chi connectivity index (χ1) is 7.15. The van der Waals surface area contributed by atoms with Gasteiger partial charge < -0.3 is 10.3 Å². The summed E-state index contributed by atoms with van der Waals surface area (Å²) in [6.07, 6.45) is 2.91. The lowest BCUT2D eigenvalue weighted by atomic mass is 10.2. The Morgan fingerprint density at radius 2 is 2.40 bits per heavy atom. The van der Waals surface area contributed by atoms with Crippen LogP contribution in [0.2, 0.25) is 0 Å². The zero-order chi connectivity index (χ0) is 11.3. The van der Waals surface area contributed by atoms with Crippen molar-refractivity contribution >= 4 is 21.8 Å². The van der Waals surface area contributed by atoms with Gasteiger partial charge in [-0.1, -0.05) is 22.9 Å². The van der Waals surface area contributed by atoms with Crippen LogP contribution >= 0.6 is 15.9 Å². The first-order valence-corrected chi connectivity index (χ1v) is 5.78. The molecule has 0 saturated heterocycles. The fraction of sp³-hybridized carbons (Fsp3) is 0.400. The summed E-state index contributed by atoms with van der Waals surface area (Å²) < 4.78 is 0. The largest absolute Gasteiger partial charge is 0.367 e. The minimum atomic E-state index is -0.329. The Balaban J connectivity index is 2.62. The van der Waals surface area contributed by atoms with Gasteiger partial charge in [0, 0.05) is 30.3 Å². The van der Waals surface area contributed by atoms with Gasteiger partial charge in [0.2, 0.25) is 0 Å². The van der Waals surface area contributed by atoms with Crippen LogP contribution in [0, 0.1) is 5.92 Å². The average Bonchev–Trinajstić information content (AvgIpc) is 2.26. The van der Waals surface area contributed by atoms with E-state index in [1.807, 2.05) is 6.92 Å². The fourth-order valence-corrected chi connectivity index (χ4v) is 1.24. The third kappa shape index (κ3) is 3.51. The van der Waals surface area contributed by atoms with Gasteiger partial charge in [-0.05, 0) is 5.92 Å². The zero-order valence-corrected chi connectivity index (χ0v) is 10.0. The summed E-state index contributed by atoms with van der Waals surface area (Å²) in [6.45, 7) is 2.56. The van der Waals surface area contributed by atoms with Gasteiger partial charge in [-0.15, -0.1) is 0 Å². The molecule has 1 atom stereocenters. The maximum atomic E-state index is 11.5. The van der Waals surface area contributed by atoms with Gasteiger partial charge in [0.15, 0.2) is 5.43 Å². The number of halogens is 1. The fourth-order valence-electron chi connectivity index (χ4n) is 1.01. The number of carbonyl (C=O) groups is 1. The van der Waals surface area contributed by atoms with Crippen molar-refractivity contribution < 1.29 is 4.79 Å². The summed E-state index contributed by atoms with van der Waals surface area (Å²) in [4.78, 5) is 25.5. The monoisotopic (exact) mass is 272 g/mol. The number of rotatable bonds is 4. The Labute approximate surface area is 96.2 Å². The third-order valence-corrected chi connectivity index (χ3v) is 3.05. The van der Waals surface area contributed by atoms with Gasteiger partial charge >= 0.3 is 0 Å². The van der Waals surface area contributed by atoms with E-state index in [2.05, 4.69) is 26.2 Å². The molecule has 0 fully saturated rings. The van der Waals surface area contributed by atoms with Crippen LogP contribution in [-0.4, -0.2) is 22.8 Å².